The molecule has 3 rings (SSSR count). The topological polar surface area (TPSA) is 75.7 Å². The second kappa shape index (κ2) is 11.6. The number of carbonyl (C=O) groups is 1. The predicted molar refractivity (Wildman–Crippen MR) is 140 cm³/mol. The first-order valence-corrected chi connectivity index (χ1v) is 13.2. The quantitative estimate of drug-likeness (QED) is 0.373. The van der Waals surface area contributed by atoms with E-state index in [4.69, 9.17) is 16.3 Å². The molecule has 1 amide bonds. The van der Waals surface area contributed by atoms with Gasteiger partial charge in [0.1, 0.15) is 12.3 Å². The maximum absolute atomic E-state index is 13.6. The molecule has 0 aliphatic heterocycles. The molecule has 3 aromatic rings. The number of nitrogens with zero attached hydrogens (tertiary/aromatic N) is 1. The van der Waals surface area contributed by atoms with E-state index < -0.39 is 15.9 Å². The summed E-state index contributed by atoms with van der Waals surface area (Å²) in [4.78, 5) is 13.4. The number of aryl methyl sites for hydroxylation is 1. The molecule has 0 heterocycles. The maximum Gasteiger partial charge on any atom is 0.264 e. The van der Waals surface area contributed by atoms with Crippen molar-refractivity contribution >= 4 is 33.2 Å². The molecule has 0 bridgehead atoms. The molecule has 0 saturated carbocycles. The Kier molecular flexibility index (Phi) is 8.81. The van der Waals surface area contributed by atoms with E-state index in [0.717, 1.165) is 21.2 Å². The van der Waals surface area contributed by atoms with Gasteiger partial charge in [0.2, 0.25) is 5.91 Å². The molecule has 0 fully saturated rings. The van der Waals surface area contributed by atoms with Gasteiger partial charge < -0.3 is 10.1 Å². The van der Waals surface area contributed by atoms with E-state index in [9.17, 15) is 13.2 Å². The zero-order valence-electron chi connectivity index (χ0n) is 20.4. The zero-order chi connectivity index (χ0) is 25.6. The lowest BCUT2D eigenvalue weighted by atomic mass is 9.97. The molecule has 0 aromatic heterocycles. The van der Waals surface area contributed by atoms with Gasteiger partial charge in [-0.25, -0.2) is 8.42 Å². The third-order valence-corrected chi connectivity index (χ3v) is 7.61. The fourth-order valence-electron chi connectivity index (χ4n) is 3.72. The highest BCUT2D eigenvalue weighted by atomic mass is 35.5. The van der Waals surface area contributed by atoms with E-state index in [2.05, 4.69) is 19.2 Å². The standard InChI is InChI=1S/C27H31ClN2O4S/c1-19(2)17-26(21-7-13-24(34-4)14-8-21)29-27(31)18-30(23-11-9-22(28)10-12-23)35(32,33)25-15-5-20(3)6-16-25/h5-16,19,26H,17-18H2,1-4H3,(H,29,31)/t26-/m0/s1. The number of benzene rings is 3. The van der Waals surface area contributed by atoms with E-state index >= 15 is 0 Å². The van der Waals surface area contributed by atoms with Crippen LogP contribution >= 0.6 is 11.6 Å². The largest absolute Gasteiger partial charge is 0.497 e. The number of sulfonamides is 1. The Morgan fingerprint density at radius 3 is 2.11 bits per heavy atom. The summed E-state index contributed by atoms with van der Waals surface area (Å²) in [5, 5.41) is 3.51. The molecule has 1 N–H and O–H groups in total. The monoisotopic (exact) mass is 514 g/mol. The molecule has 0 aliphatic rings. The number of methoxy groups -OCH3 is 1. The van der Waals surface area contributed by atoms with E-state index in [1.165, 1.54) is 0 Å². The Hall–Kier alpha value is -3.03. The van der Waals surface area contributed by atoms with Crippen LogP contribution in [0.1, 0.15) is 37.4 Å². The Bertz CT molecular complexity index is 1230. The van der Waals surface area contributed by atoms with Gasteiger partial charge in [-0.2, -0.15) is 0 Å². The van der Waals surface area contributed by atoms with Crippen molar-refractivity contribution < 1.29 is 17.9 Å². The van der Waals surface area contributed by atoms with Crippen LogP contribution in [0, 0.1) is 12.8 Å². The van der Waals surface area contributed by atoms with Crippen molar-refractivity contribution in [3.63, 3.8) is 0 Å². The minimum absolute atomic E-state index is 0.111. The van der Waals surface area contributed by atoms with Crippen molar-refractivity contribution in [2.75, 3.05) is 18.0 Å². The summed E-state index contributed by atoms with van der Waals surface area (Å²) in [5.41, 5.74) is 2.22. The van der Waals surface area contributed by atoms with Crippen LogP contribution in [0.3, 0.4) is 0 Å². The van der Waals surface area contributed by atoms with Gasteiger partial charge in [0.05, 0.1) is 23.7 Å². The van der Waals surface area contributed by atoms with E-state index in [1.54, 1.807) is 55.6 Å². The first-order valence-electron chi connectivity index (χ1n) is 11.4. The molecule has 8 heteroatoms. The van der Waals surface area contributed by atoms with Crippen molar-refractivity contribution in [2.45, 2.75) is 38.1 Å². The van der Waals surface area contributed by atoms with Crippen LogP contribution < -0.4 is 14.4 Å². The van der Waals surface area contributed by atoms with Gasteiger partial charge in [-0.1, -0.05) is 55.3 Å². The zero-order valence-corrected chi connectivity index (χ0v) is 21.9. The van der Waals surface area contributed by atoms with Crippen molar-refractivity contribution in [1.82, 2.24) is 5.32 Å². The molecular weight excluding hydrogens is 484 g/mol. The van der Waals surface area contributed by atoms with Gasteiger partial charge in [-0.15, -0.1) is 0 Å². The summed E-state index contributed by atoms with van der Waals surface area (Å²) in [6, 6.07) is 20.2. The molecule has 1 atom stereocenters. The van der Waals surface area contributed by atoms with Gasteiger partial charge in [-0.05, 0) is 73.4 Å². The van der Waals surface area contributed by atoms with Crippen LogP contribution in [0.2, 0.25) is 5.02 Å². The van der Waals surface area contributed by atoms with Gasteiger partial charge in [-0.3, -0.25) is 9.10 Å². The molecule has 6 nitrogen and oxygen atoms in total. The molecule has 0 aliphatic carbocycles. The van der Waals surface area contributed by atoms with E-state index in [0.29, 0.717) is 23.0 Å². The number of amides is 1. The van der Waals surface area contributed by atoms with Crippen molar-refractivity contribution in [3.8, 4) is 5.75 Å². The van der Waals surface area contributed by atoms with E-state index in [1.807, 2.05) is 31.2 Å². The van der Waals surface area contributed by atoms with Gasteiger partial charge in [0.25, 0.3) is 10.0 Å². The van der Waals surface area contributed by atoms with E-state index in [-0.39, 0.29) is 17.5 Å². The second-order valence-electron chi connectivity index (χ2n) is 8.82. The maximum atomic E-state index is 13.6. The summed E-state index contributed by atoms with van der Waals surface area (Å²) in [6.07, 6.45) is 0.698. The van der Waals surface area contributed by atoms with Crippen LogP contribution in [0.5, 0.6) is 5.75 Å². The average molecular weight is 515 g/mol. The molecule has 0 radical (unpaired) electrons. The fourth-order valence-corrected chi connectivity index (χ4v) is 5.26. The minimum atomic E-state index is -4.00. The lowest BCUT2D eigenvalue weighted by Gasteiger charge is -2.27. The first-order chi connectivity index (χ1) is 16.6. The molecule has 35 heavy (non-hydrogen) atoms. The minimum Gasteiger partial charge on any atom is -0.497 e. The smallest absolute Gasteiger partial charge is 0.264 e. The third kappa shape index (κ3) is 6.99. The average Bonchev–Trinajstić information content (AvgIpc) is 2.83. The molecule has 3 aromatic carbocycles. The normalized spacial score (nSPS) is 12.3. The highest BCUT2D eigenvalue weighted by Crippen LogP contribution is 2.27. The van der Waals surface area contributed by atoms with Crippen molar-refractivity contribution in [1.29, 1.82) is 0 Å². The van der Waals surface area contributed by atoms with Crippen LogP contribution in [-0.4, -0.2) is 28.0 Å². The molecular formula is C27H31ClN2O4S. The van der Waals surface area contributed by atoms with Gasteiger partial charge in [0.15, 0.2) is 0 Å². The highest BCUT2D eigenvalue weighted by Gasteiger charge is 2.28. The first kappa shape index (κ1) is 26.6. The lowest BCUT2D eigenvalue weighted by Crippen LogP contribution is -2.42. The SMILES string of the molecule is COc1ccc([C@H](CC(C)C)NC(=O)CN(c2ccc(Cl)cc2)S(=O)(=O)c2ccc(C)cc2)cc1. The number of anilines is 1. The summed E-state index contributed by atoms with van der Waals surface area (Å²) in [7, 11) is -2.40. The highest BCUT2D eigenvalue weighted by molar-refractivity contribution is 7.92. The molecule has 0 unspecified atom stereocenters. The number of carbonyl (C=O) groups excluding carboxylic acids is 1. The predicted octanol–water partition coefficient (Wildman–Crippen LogP) is 5.76. The number of nitrogens with one attached hydrogen (secondary N) is 1. The summed E-state index contributed by atoms with van der Waals surface area (Å²) in [5.74, 6) is 0.629. The summed E-state index contributed by atoms with van der Waals surface area (Å²) >= 11 is 6.02. The molecule has 0 saturated heterocycles. The Morgan fingerprint density at radius 1 is 0.971 bits per heavy atom. The Labute approximate surface area is 212 Å². The van der Waals surface area contributed by atoms with Crippen molar-refractivity contribution in [2.24, 2.45) is 5.92 Å². The molecule has 186 valence electrons. The fraction of sp³-hybridized carbons (Fsp3) is 0.296. The number of hydrogen-bond acceptors (Lipinski definition) is 4. The van der Waals surface area contributed by atoms with Crippen LogP contribution in [-0.2, 0) is 14.8 Å². The van der Waals surface area contributed by atoms with Crippen LogP contribution in [0.4, 0.5) is 5.69 Å². The Morgan fingerprint density at radius 2 is 1.57 bits per heavy atom. The number of rotatable bonds is 10. The molecule has 0 spiro atoms. The number of hydrogen-bond donors (Lipinski definition) is 1. The second-order valence-corrected chi connectivity index (χ2v) is 11.1. The number of halogens is 1. The third-order valence-electron chi connectivity index (χ3n) is 5.57. The summed E-state index contributed by atoms with van der Waals surface area (Å²) in [6.45, 7) is 5.66. The van der Waals surface area contributed by atoms with Crippen LogP contribution in [0.15, 0.2) is 77.7 Å². The van der Waals surface area contributed by atoms with Gasteiger partial charge >= 0.3 is 0 Å². The van der Waals surface area contributed by atoms with Crippen LogP contribution in [0.25, 0.3) is 0 Å². The Balaban J connectivity index is 1.91. The number of ether oxygens (including phenoxy) is 1. The van der Waals surface area contributed by atoms with Crippen molar-refractivity contribution in [3.05, 3.63) is 88.9 Å². The summed E-state index contributed by atoms with van der Waals surface area (Å²) < 4.78 is 33.5. The lowest BCUT2D eigenvalue weighted by molar-refractivity contribution is -0.120. The van der Waals surface area contributed by atoms with Gasteiger partial charge in [0, 0.05) is 5.02 Å².